The lowest BCUT2D eigenvalue weighted by atomic mass is 10.0. The van der Waals surface area contributed by atoms with E-state index >= 15 is 0 Å². The molecule has 7 nitrogen and oxygen atoms in total. The van der Waals surface area contributed by atoms with Gasteiger partial charge in [-0.1, -0.05) is 24.3 Å². The van der Waals surface area contributed by atoms with Gasteiger partial charge in [0, 0.05) is 16.8 Å². The van der Waals surface area contributed by atoms with Gasteiger partial charge in [0.25, 0.3) is 11.6 Å². The van der Waals surface area contributed by atoms with Crippen LogP contribution in [0.1, 0.15) is 15.9 Å². The maximum absolute atomic E-state index is 12.8. The zero-order valence-corrected chi connectivity index (χ0v) is 16.6. The van der Waals surface area contributed by atoms with E-state index in [9.17, 15) is 23.7 Å². The van der Waals surface area contributed by atoms with Crippen molar-refractivity contribution in [3.63, 3.8) is 0 Å². The molecule has 0 bridgehead atoms. The van der Waals surface area contributed by atoms with Gasteiger partial charge < -0.3 is 14.8 Å². The van der Waals surface area contributed by atoms with Gasteiger partial charge in [0.05, 0.1) is 12.0 Å². The summed E-state index contributed by atoms with van der Waals surface area (Å²) in [6, 6.07) is 15.2. The first-order valence-corrected chi connectivity index (χ1v) is 9.08. The lowest BCUT2D eigenvalue weighted by molar-refractivity contribution is -0.385. The van der Waals surface area contributed by atoms with Crippen molar-refractivity contribution in [1.29, 1.82) is 0 Å². The molecule has 0 fully saturated rings. The number of nitrogens with zero attached hydrogens (tertiary/aromatic N) is 1. The number of methoxy groups -OCH3 is 1. The van der Waals surface area contributed by atoms with E-state index in [1.165, 1.54) is 44.4 Å². The molecule has 1 N–H and O–H groups in total. The number of halogens is 2. The molecule has 0 heterocycles. The van der Waals surface area contributed by atoms with Crippen molar-refractivity contribution < 1.29 is 28.0 Å². The van der Waals surface area contributed by atoms with Crippen molar-refractivity contribution >= 4 is 17.3 Å². The van der Waals surface area contributed by atoms with Gasteiger partial charge in [-0.3, -0.25) is 14.9 Å². The number of anilines is 1. The van der Waals surface area contributed by atoms with E-state index in [0.717, 1.165) is 0 Å². The molecule has 0 saturated heterocycles. The highest BCUT2D eigenvalue weighted by molar-refractivity contribution is 6.07. The minimum Gasteiger partial charge on any atom is -0.497 e. The highest BCUT2D eigenvalue weighted by Crippen LogP contribution is 2.35. The van der Waals surface area contributed by atoms with E-state index in [1.807, 2.05) is 0 Å². The predicted molar refractivity (Wildman–Crippen MR) is 111 cm³/mol. The first kappa shape index (κ1) is 21.7. The Morgan fingerprint density at radius 2 is 1.81 bits per heavy atom. The molecule has 0 radical (unpaired) electrons. The van der Waals surface area contributed by atoms with Crippen LogP contribution in [0.5, 0.6) is 11.5 Å². The number of ether oxygens (including phenoxy) is 2. The number of nitro groups is 1. The van der Waals surface area contributed by atoms with Gasteiger partial charge in [0.2, 0.25) is 0 Å². The molecule has 0 aliphatic carbocycles. The van der Waals surface area contributed by atoms with Crippen LogP contribution in [-0.4, -0.2) is 24.6 Å². The summed E-state index contributed by atoms with van der Waals surface area (Å²) in [5.74, 6) is -0.199. The molecule has 0 saturated carbocycles. The molecule has 0 atom stereocenters. The van der Waals surface area contributed by atoms with Gasteiger partial charge >= 0.3 is 6.61 Å². The van der Waals surface area contributed by atoms with E-state index < -0.39 is 17.4 Å². The molecule has 0 aromatic heterocycles. The van der Waals surface area contributed by atoms with E-state index in [0.29, 0.717) is 22.4 Å². The van der Waals surface area contributed by atoms with Crippen LogP contribution in [0, 0.1) is 17.0 Å². The number of rotatable bonds is 7. The number of nitrogens with one attached hydrogen (secondary N) is 1. The van der Waals surface area contributed by atoms with Crippen LogP contribution in [0.4, 0.5) is 20.2 Å². The molecular formula is C22H18F2N2O5. The normalized spacial score (nSPS) is 10.6. The van der Waals surface area contributed by atoms with Gasteiger partial charge in [0.15, 0.2) is 0 Å². The number of benzene rings is 3. The topological polar surface area (TPSA) is 90.7 Å². The summed E-state index contributed by atoms with van der Waals surface area (Å²) in [7, 11) is 1.50. The number of alkyl halides is 2. The third-order valence-corrected chi connectivity index (χ3v) is 4.52. The minimum atomic E-state index is -3.03. The second-order valence-corrected chi connectivity index (χ2v) is 6.50. The lowest BCUT2D eigenvalue weighted by Gasteiger charge is -2.14. The van der Waals surface area contributed by atoms with Crippen LogP contribution < -0.4 is 14.8 Å². The van der Waals surface area contributed by atoms with E-state index in [2.05, 4.69) is 10.1 Å². The van der Waals surface area contributed by atoms with E-state index in [1.54, 1.807) is 30.3 Å². The minimum absolute atomic E-state index is 0.0836. The maximum atomic E-state index is 12.8. The number of carbonyl (C=O) groups is 1. The highest BCUT2D eigenvalue weighted by Gasteiger charge is 2.23. The monoisotopic (exact) mass is 428 g/mol. The Bertz CT molecular complexity index is 1120. The van der Waals surface area contributed by atoms with Crippen LogP contribution in [-0.2, 0) is 0 Å². The first-order valence-electron chi connectivity index (χ1n) is 9.08. The average molecular weight is 428 g/mol. The van der Waals surface area contributed by atoms with Crippen molar-refractivity contribution in [1.82, 2.24) is 0 Å². The fourth-order valence-electron chi connectivity index (χ4n) is 3.09. The summed E-state index contributed by atoms with van der Waals surface area (Å²) >= 11 is 0. The molecule has 3 aromatic carbocycles. The SMILES string of the molecule is COc1ccc(-c2cc(NC(=O)c3cccc(C)c3[N+](=O)[O-])ccc2OC(F)F)cc1. The Kier molecular flexibility index (Phi) is 6.44. The van der Waals surface area contributed by atoms with Crippen LogP contribution in [0.25, 0.3) is 11.1 Å². The van der Waals surface area contributed by atoms with Gasteiger partial charge in [-0.25, -0.2) is 0 Å². The van der Waals surface area contributed by atoms with Crippen molar-refractivity contribution in [2.75, 3.05) is 12.4 Å². The number of nitro benzene ring substituents is 1. The number of aryl methyl sites for hydroxylation is 1. The first-order chi connectivity index (χ1) is 14.8. The lowest BCUT2D eigenvalue weighted by Crippen LogP contribution is -2.14. The highest BCUT2D eigenvalue weighted by atomic mass is 19.3. The zero-order chi connectivity index (χ0) is 22.5. The molecule has 160 valence electrons. The summed E-state index contributed by atoms with van der Waals surface area (Å²) < 4.78 is 35.4. The average Bonchev–Trinajstić information content (AvgIpc) is 2.74. The van der Waals surface area contributed by atoms with E-state index in [4.69, 9.17) is 4.74 Å². The molecule has 0 unspecified atom stereocenters. The summed E-state index contributed by atoms with van der Waals surface area (Å²) in [4.78, 5) is 23.4. The standard InChI is InChI=1S/C22H18F2N2O5/c1-13-4-3-5-17(20(13)26(28)29)21(27)25-15-8-11-19(31-22(23)24)18(12-15)14-6-9-16(30-2)10-7-14/h3-12,22H,1-2H3,(H,25,27). The molecule has 31 heavy (non-hydrogen) atoms. The Balaban J connectivity index is 1.98. The smallest absolute Gasteiger partial charge is 0.387 e. The third-order valence-electron chi connectivity index (χ3n) is 4.52. The number of hydrogen-bond donors (Lipinski definition) is 1. The zero-order valence-electron chi connectivity index (χ0n) is 16.6. The summed E-state index contributed by atoms with van der Waals surface area (Å²) in [5, 5.41) is 13.9. The van der Waals surface area contributed by atoms with Crippen LogP contribution in [0.2, 0.25) is 0 Å². The molecule has 0 aliphatic rings. The van der Waals surface area contributed by atoms with Crippen molar-refractivity contribution in [3.05, 3.63) is 81.9 Å². The van der Waals surface area contributed by atoms with Crippen molar-refractivity contribution in [2.45, 2.75) is 13.5 Å². The predicted octanol–water partition coefficient (Wildman–Crippen LogP) is 5.43. The molecule has 9 heteroatoms. The van der Waals surface area contributed by atoms with E-state index in [-0.39, 0.29) is 22.7 Å². The number of hydrogen-bond acceptors (Lipinski definition) is 5. The van der Waals surface area contributed by atoms with Crippen molar-refractivity contribution in [3.8, 4) is 22.6 Å². The molecule has 1 amide bonds. The second kappa shape index (κ2) is 9.21. The summed E-state index contributed by atoms with van der Waals surface area (Å²) in [6.45, 7) is -1.50. The van der Waals surface area contributed by atoms with Gasteiger partial charge in [-0.15, -0.1) is 0 Å². The number of amides is 1. The number of para-hydroxylation sites is 1. The molecule has 3 aromatic rings. The fourth-order valence-corrected chi connectivity index (χ4v) is 3.09. The largest absolute Gasteiger partial charge is 0.497 e. The van der Waals surface area contributed by atoms with Crippen LogP contribution >= 0.6 is 0 Å². The molecule has 3 rings (SSSR count). The summed E-state index contributed by atoms with van der Waals surface area (Å²) in [6.07, 6.45) is 0. The Hall–Kier alpha value is -4.01. The quantitative estimate of drug-likeness (QED) is 0.400. The Labute approximate surface area is 176 Å². The number of carbonyl (C=O) groups excluding carboxylic acids is 1. The Morgan fingerprint density at radius 1 is 1.10 bits per heavy atom. The van der Waals surface area contributed by atoms with Gasteiger partial charge in [0.1, 0.15) is 17.1 Å². The van der Waals surface area contributed by atoms with Gasteiger partial charge in [-0.05, 0) is 48.9 Å². The molecule has 0 spiro atoms. The Morgan fingerprint density at radius 3 is 2.42 bits per heavy atom. The van der Waals surface area contributed by atoms with Crippen LogP contribution in [0.15, 0.2) is 60.7 Å². The molecular weight excluding hydrogens is 410 g/mol. The second-order valence-electron chi connectivity index (χ2n) is 6.50. The maximum Gasteiger partial charge on any atom is 0.387 e. The molecule has 0 aliphatic heterocycles. The van der Waals surface area contributed by atoms with Gasteiger partial charge in [-0.2, -0.15) is 8.78 Å². The third kappa shape index (κ3) is 4.95. The van der Waals surface area contributed by atoms with Crippen molar-refractivity contribution in [2.24, 2.45) is 0 Å². The summed E-state index contributed by atoms with van der Waals surface area (Å²) in [5.41, 5.74) is 1.05. The van der Waals surface area contributed by atoms with Crippen LogP contribution in [0.3, 0.4) is 0 Å². The fraction of sp³-hybridized carbons (Fsp3) is 0.136.